The van der Waals surface area contributed by atoms with Crippen molar-refractivity contribution in [3.05, 3.63) is 65.4 Å². The molecule has 1 aliphatic heterocycles. The number of aromatic nitrogens is 1. The topological polar surface area (TPSA) is 51.5 Å². The van der Waals surface area contributed by atoms with Crippen molar-refractivity contribution >= 4 is 22.6 Å². The Morgan fingerprint density at radius 1 is 0.967 bits per heavy atom. The highest BCUT2D eigenvalue weighted by Gasteiger charge is 2.27. The summed E-state index contributed by atoms with van der Waals surface area (Å²) in [5.74, 6) is 0.0389. The van der Waals surface area contributed by atoms with Crippen LogP contribution in [-0.2, 0) is 11.3 Å². The lowest BCUT2D eigenvalue weighted by Crippen LogP contribution is -2.40. The zero-order valence-corrected chi connectivity index (χ0v) is 17.7. The van der Waals surface area contributed by atoms with Crippen molar-refractivity contribution in [1.29, 1.82) is 0 Å². The van der Waals surface area contributed by atoms with Crippen LogP contribution in [0, 0.1) is 13.8 Å². The van der Waals surface area contributed by atoms with E-state index in [1.54, 1.807) is 11.1 Å². The van der Waals surface area contributed by atoms with Gasteiger partial charge in [-0.25, -0.2) is 0 Å². The first kappa shape index (κ1) is 20.2. The van der Waals surface area contributed by atoms with Crippen molar-refractivity contribution < 1.29 is 14.3 Å². The van der Waals surface area contributed by atoms with Gasteiger partial charge in [-0.1, -0.05) is 24.3 Å². The standard InChI is InChI=1S/C25H28N2O3/c1-18-10-11-20(16-19(18)2)30-15-14-27-17-22(21-8-4-5-9-23(21)27)24(28)25(29)26-12-6-3-7-13-26/h4-5,8-11,16-17H,3,6-7,12-15H2,1-2H3. The molecule has 1 saturated heterocycles. The minimum absolute atomic E-state index is 0.385. The molecule has 0 bridgehead atoms. The summed E-state index contributed by atoms with van der Waals surface area (Å²) in [6.07, 6.45) is 4.86. The SMILES string of the molecule is Cc1ccc(OCCn2cc(C(=O)C(=O)N3CCCCC3)c3ccccc32)cc1C. The number of likely N-dealkylation sites (tertiary alicyclic amines) is 1. The summed E-state index contributed by atoms with van der Waals surface area (Å²) in [5.41, 5.74) is 3.85. The summed E-state index contributed by atoms with van der Waals surface area (Å²) in [4.78, 5) is 27.4. The van der Waals surface area contributed by atoms with Crippen LogP contribution >= 0.6 is 0 Å². The average Bonchev–Trinajstić information content (AvgIpc) is 3.14. The number of carbonyl (C=O) groups excluding carboxylic acids is 2. The monoisotopic (exact) mass is 404 g/mol. The Morgan fingerprint density at radius 3 is 2.50 bits per heavy atom. The van der Waals surface area contributed by atoms with E-state index in [9.17, 15) is 9.59 Å². The molecule has 2 heterocycles. The van der Waals surface area contributed by atoms with Crippen molar-refractivity contribution in [2.45, 2.75) is 39.7 Å². The second-order valence-electron chi connectivity index (χ2n) is 8.03. The van der Waals surface area contributed by atoms with Crippen LogP contribution < -0.4 is 4.74 Å². The third-order valence-corrected chi connectivity index (χ3v) is 5.95. The molecule has 1 aliphatic rings. The number of carbonyl (C=O) groups is 2. The van der Waals surface area contributed by atoms with Crippen LogP contribution in [-0.4, -0.2) is 40.9 Å². The number of hydrogen-bond acceptors (Lipinski definition) is 3. The van der Waals surface area contributed by atoms with Crippen LogP contribution in [0.1, 0.15) is 40.7 Å². The number of hydrogen-bond donors (Lipinski definition) is 0. The number of fused-ring (bicyclic) bond motifs is 1. The first-order chi connectivity index (χ1) is 14.5. The number of rotatable bonds is 6. The van der Waals surface area contributed by atoms with Crippen molar-refractivity contribution in [2.24, 2.45) is 0 Å². The lowest BCUT2D eigenvalue weighted by Gasteiger charge is -2.25. The number of piperidine rings is 1. The second-order valence-corrected chi connectivity index (χ2v) is 8.03. The molecule has 1 aromatic heterocycles. The Bertz CT molecular complexity index is 1080. The number of Topliss-reactive ketones (excluding diaryl/α,β-unsaturated/α-hetero) is 1. The maximum absolute atomic E-state index is 13.0. The van der Waals surface area contributed by atoms with Crippen LogP contribution in [0.3, 0.4) is 0 Å². The van der Waals surface area contributed by atoms with Gasteiger partial charge in [0.25, 0.3) is 11.7 Å². The predicted octanol–water partition coefficient (Wildman–Crippen LogP) is 4.53. The fourth-order valence-corrected chi connectivity index (χ4v) is 4.03. The van der Waals surface area contributed by atoms with E-state index >= 15 is 0 Å². The number of para-hydroxylation sites is 1. The van der Waals surface area contributed by atoms with Crippen molar-refractivity contribution in [3.63, 3.8) is 0 Å². The number of amides is 1. The molecule has 0 aliphatic carbocycles. The largest absolute Gasteiger partial charge is 0.492 e. The molecule has 4 rings (SSSR count). The van der Waals surface area contributed by atoms with Gasteiger partial charge in [0.05, 0.1) is 12.1 Å². The summed E-state index contributed by atoms with van der Waals surface area (Å²) in [5, 5.41) is 0.819. The molecular formula is C25H28N2O3. The number of ether oxygens (including phenoxy) is 1. The highest BCUT2D eigenvalue weighted by molar-refractivity contribution is 6.44. The van der Waals surface area contributed by atoms with E-state index in [2.05, 4.69) is 19.9 Å². The third kappa shape index (κ3) is 4.11. The normalized spacial score (nSPS) is 14.1. The molecule has 0 saturated carbocycles. The molecule has 1 fully saturated rings. The van der Waals surface area contributed by atoms with E-state index in [4.69, 9.17) is 4.74 Å². The Labute approximate surface area is 177 Å². The highest BCUT2D eigenvalue weighted by Crippen LogP contribution is 2.23. The van der Waals surface area contributed by atoms with Gasteiger partial charge in [0.1, 0.15) is 12.4 Å². The molecule has 0 atom stereocenters. The van der Waals surface area contributed by atoms with E-state index in [-0.39, 0.29) is 5.91 Å². The predicted molar refractivity (Wildman–Crippen MR) is 118 cm³/mol. The van der Waals surface area contributed by atoms with Gasteiger partial charge in [-0.15, -0.1) is 0 Å². The number of nitrogens with zero attached hydrogens (tertiary/aromatic N) is 2. The minimum Gasteiger partial charge on any atom is -0.492 e. The van der Waals surface area contributed by atoms with E-state index < -0.39 is 5.78 Å². The smallest absolute Gasteiger partial charge is 0.295 e. The maximum Gasteiger partial charge on any atom is 0.295 e. The number of ketones is 1. The highest BCUT2D eigenvalue weighted by atomic mass is 16.5. The molecule has 30 heavy (non-hydrogen) atoms. The molecular weight excluding hydrogens is 376 g/mol. The van der Waals surface area contributed by atoms with Gasteiger partial charge in [0.2, 0.25) is 0 Å². The average molecular weight is 405 g/mol. The van der Waals surface area contributed by atoms with Gasteiger partial charge in [-0.3, -0.25) is 9.59 Å². The van der Waals surface area contributed by atoms with E-state index in [0.717, 1.165) is 35.9 Å². The van der Waals surface area contributed by atoms with E-state index in [1.165, 1.54) is 11.1 Å². The molecule has 156 valence electrons. The summed E-state index contributed by atoms with van der Waals surface area (Å²) >= 11 is 0. The Morgan fingerprint density at radius 2 is 1.73 bits per heavy atom. The summed E-state index contributed by atoms with van der Waals surface area (Å²) < 4.78 is 7.93. The molecule has 0 N–H and O–H groups in total. The number of benzene rings is 2. The van der Waals surface area contributed by atoms with Crippen LogP contribution in [0.5, 0.6) is 5.75 Å². The van der Waals surface area contributed by atoms with Gasteiger partial charge >= 0.3 is 0 Å². The zero-order valence-electron chi connectivity index (χ0n) is 17.7. The summed E-state index contributed by atoms with van der Waals surface area (Å²) in [7, 11) is 0. The van der Waals surface area contributed by atoms with Crippen molar-refractivity contribution in [3.8, 4) is 5.75 Å². The summed E-state index contributed by atoms with van der Waals surface area (Å²) in [6, 6.07) is 13.8. The molecule has 3 aromatic rings. The van der Waals surface area contributed by atoms with E-state index in [0.29, 0.717) is 31.8 Å². The maximum atomic E-state index is 13.0. The Hall–Kier alpha value is -3.08. The fourth-order valence-electron chi connectivity index (χ4n) is 4.03. The van der Waals surface area contributed by atoms with Crippen LogP contribution in [0.25, 0.3) is 10.9 Å². The van der Waals surface area contributed by atoms with Crippen molar-refractivity contribution in [2.75, 3.05) is 19.7 Å². The second kappa shape index (κ2) is 8.74. The molecule has 2 aromatic carbocycles. The van der Waals surface area contributed by atoms with Crippen LogP contribution in [0.2, 0.25) is 0 Å². The molecule has 0 spiro atoms. The number of aryl methyl sites for hydroxylation is 2. The van der Waals surface area contributed by atoms with Gasteiger partial charge in [0.15, 0.2) is 0 Å². The van der Waals surface area contributed by atoms with Crippen molar-refractivity contribution in [1.82, 2.24) is 9.47 Å². The molecule has 5 heteroatoms. The zero-order chi connectivity index (χ0) is 21.1. The first-order valence-corrected chi connectivity index (χ1v) is 10.7. The molecule has 5 nitrogen and oxygen atoms in total. The Kier molecular flexibility index (Phi) is 5.88. The molecule has 0 radical (unpaired) electrons. The summed E-state index contributed by atoms with van der Waals surface area (Å²) in [6.45, 7) is 6.57. The quantitative estimate of drug-likeness (QED) is 0.448. The van der Waals surface area contributed by atoms with Gasteiger partial charge in [0, 0.05) is 30.2 Å². The fraction of sp³-hybridized carbons (Fsp3) is 0.360. The Balaban J connectivity index is 1.52. The third-order valence-electron chi connectivity index (χ3n) is 5.95. The molecule has 1 amide bonds. The lowest BCUT2D eigenvalue weighted by atomic mass is 10.1. The van der Waals surface area contributed by atoms with Gasteiger partial charge in [-0.2, -0.15) is 0 Å². The molecule has 0 unspecified atom stereocenters. The minimum atomic E-state index is -0.415. The van der Waals surface area contributed by atoms with Gasteiger partial charge < -0.3 is 14.2 Å². The lowest BCUT2D eigenvalue weighted by molar-refractivity contribution is -0.127. The van der Waals surface area contributed by atoms with E-state index in [1.807, 2.05) is 41.0 Å². The van der Waals surface area contributed by atoms with Crippen LogP contribution in [0.15, 0.2) is 48.7 Å². The van der Waals surface area contributed by atoms with Gasteiger partial charge in [-0.05, 0) is 62.4 Å². The first-order valence-electron chi connectivity index (χ1n) is 10.7. The van der Waals surface area contributed by atoms with Crippen LogP contribution in [0.4, 0.5) is 0 Å².